The lowest BCUT2D eigenvalue weighted by molar-refractivity contribution is -0.136. The summed E-state index contributed by atoms with van der Waals surface area (Å²) in [6.45, 7) is 1.62. The molecule has 156 valence electrons. The van der Waals surface area contributed by atoms with Crippen LogP contribution in [0.1, 0.15) is 37.9 Å². The minimum absolute atomic E-state index is 0.00126. The van der Waals surface area contributed by atoms with E-state index in [-0.39, 0.29) is 24.4 Å². The van der Waals surface area contributed by atoms with Crippen LogP contribution in [-0.2, 0) is 27.3 Å². The largest absolute Gasteiger partial charge is 0.342 e. The molecule has 4 heterocycles. The van der Waals surface area contributed by atoms with Gasteiger partial charge in [-0.3, -0.25) is 14.4 Å². The summed E-state index contributed by atoms with van der Waals surface area (Å²) in [6, 6.07) is 6.95. The Balaban J connectivity index is 1.25. The number of aromatic nitrogens is 3. The van der Waals surface area contributed by atoms with Crippen LogP contribution in [0, 0.1) is 0 Å². The minimum Gasteiger partial charge on any atom is -0.342 e. The minimum atomic E-state index is -0.736. The SMILES string of the molecule is O=C(Nc1cccc(-c2nnc3n2CCC3)c1)C(=O)NC1CC(=O)N2CCCCC12. The average Bonchev–Trinajstić information content (AvgIpc) is 3.44. The molecule has 2 N–H and O–H groups in total. The summed E-state index contributed by atoms with van der Waals surface area (Å²) < 4.78 is 2.08. The summed E-state index contributed by atoms with van der Waals surface area (Å²) in [7, 11) is 0. The first kappa shape index (κ1) is 18.8. The van der Waals surface area contributed by atoms with Gasteiger partial charge in [0.25, 0.3) is 0 Å². The number of fused-ring (bicyclic) bond motifs is 2. The van der Waals surface area contributed by atoms with Gasteiger partial charge in [0, 0.05) is 37.2 Å². The van der Waals surface area contributed by atoms with E-state index < -0.39 is 11.8 Å². The molecule has 0 bridgehead atoms. The van der Waals surface area contributed by atoms with Crippen molar-refractivity contribution in [2.24, 2.45) is 0 Å². The van der Waals surface area contributed by atoms with Crippen LogP contribution in [-0.4, -0.2) is 56.0 Å². The van der Waals surface area contributed by atoms with E-state index in [9.17, 15) is 14.4 Å². The molecule has 3 amide bonds. The zero-order valence-electron chi connectivity index (χ0n) is 16.6. The van der Waals surface area contributed by atoms with Crippen molar-refractivity contribution in [2.75, 3.05) is 11.9 Å². The van der Waals surface area contributed by atoms with Gasteiger partial charge in [-0.25, -0.2) is 0 Å². The van der Waals surface area contributed by atoms with Crippen LogP contribution in [0.25, 0.3) is 11.4 Å². The number of nitrogens with zero attached hydrogens (tertiary/aromatic N) is 4. The fourth-order valence-corrected chi connectivity index (χ4v) is 4.80. The number of hydrogen-bond donors (Lipinski definition) is 2. The molecular weight excluding hydrogens is 384 g/mol. The smallest absolute Gasteiger partial charge is 0.313 e. The number of amides is 3. The second-order valence-electron chi connectivity index (χ2n) is 8.16. The van der Waals surface area contributed by atoms with Crippen molar-refractivity contribution in [3.8, 4) is 11.4 Å². The van der Waals surface area contributed by atoms with E-state index >= 15 is 0 Å². The van der Waals surface area contributed by atoms with Crippen molar-refractivity contribution in [1.82, 2.24) is 25.0 Å². The van der Waals surface area contributed by atoms with E-state index in [1.54, 1.807) is 12.1 Å². The molecular formula is C21H24N6O3. The van der Waals surface area contributed by atoms with Crippen molar-refractivity contribution in [3.63, 3.8) is 0 Å². The zero-order chi connectivity index (χ0) is 20.7. The summed E-state index contributed by atoms with van der Waals surface area (Å²) in [5.74, 6) is 0.347. The molecule has 2 unspecified atom stereocenters. The van der Waals surface area contributed by atoms with Gasteiger partial charge in [0.05, 0.1) is 12.1 Å². The molecule has 30 heavy (non-hydrogen) atoms. The van der Waals surface area contributed by atoms with E-state index in [0.29, 0.717) is 5.69 Å². The van der Waals surface area contributed by atoms with Gasteiger partial charge in [-0.05, 0) is 37.8 Å². The lowest BCUT2D eigenvalue weighted by Crippen LogP contribution is -2.49. The number of rotatable bonds is 3. The lowest BCUT2D eigenvalue weighted by Gasteiger charge is -2.32. The molecule has 0 saturated carbocycles. The Morgan fingerprint density at radius 3 is 2.87 bits per heavy atom. The van der Waals surface area contributed by atoms with Crippen LogP contribution in [0.2, 0.25) is 0 Å². The number of benzene rings is 1. The Bertz CT molecular complexity index is 1020. The van der Waals surface area contributed by atoms with Crippen LogP contribution in [0.4, 0.5) is 5.69 Å². The summed E-state index contributed by atoms with van der Waals surface area (Å²) in [5.41, 5.74) is 1.36. The molecule has 3 aliphatic heterocycles. The monoisotopic (exact) mass is 408 g/mol. The second kappa shape index (κ2) is 7.55. The van der Waals surface area contributed by atoms with Crippen LogP contribution < -0.4 is 10.6 Å². The molecule has 0 radical (unpaired) electrons. The first-order chi connectivity index (χ1) is 14.6. The Hall–Kier alpha value is -3.23. The fourth-order valence-electron chi connectivity index (χ4n) is 4.80. The Morgan fingerprint density at radius 2 is 1.97 bits per heavy atom. The van der Waals surface area contributed by atoms with E-state index in [1.807, 2.05) is 17.0 Å². The van der Waals surface area contributed by atoms with Crippen molar-refractivity contribution in [2.45, 2.75) is 57.2 Å². The van der Waals surface area contributed by atoms with Crippen LogP contribution in [0.3, 0.4) is 0 Å². The van der Waals surface area contributed by atoms with E-state index in [1.165, 1.54) is 0 Å². The summed E-state index contributed by atoms with van der Waals surface area (Å²) in [4.78, 5) is 38.9. The number of carbonyl (C=O) groups excluding carboxylic acids is 3. The Morgan fingerprint density at radius 1 is 1.07 bits per heavy atom. The van der Waals surface area contributed by atoms with Gasteiger partial charge in [-0.2, -0.15) is 0 Å². The lowest BCUT2D eigenvalue weighted by atomic mass is 9.99. The maximum atomic E-state index is 12.5. The maximum Gasteiger partial charge on any atom is 0.313 e. The van der Waals surface area contributed by atoms with E-state index in [4.69, 9.17) is 0 Å². The number of aryl methyl sites for hydroxylation is 1. The third kappa shape index (κ3) is 3.34. The van der Waals surface area contributed by atoms with Crippen molar-refractivity contribution >= 4 is 23.4 Å². The topological polar surface area (TPSA) is 109 Å². The highest BCUT2D eigenvalue weighted by molar-refractivity contribution is 6.39. The van der Waals surface area contributed by atoms with Crippen molar-refractivity contribution in [1.29, 1.82) is 0 Å². The number of piperidine rings is 1. The summed E-state index contributed by atoms with van der Waals surface area (Å²) >= 11 is 0. The van der Waals surface area contributed by atoms with Crippen LogP contribution in [0.15, 0.2) is 24.3 Å². The third-order valence-corrected chi connectivity index (χ3v) is 6.24. The quantitative estimate of drug-likeness (QED) is 0.739. The molecule has 3 aliphatic rings. The van der Waals surface area contributed by atoms with Gasteiger partial charge in [0.1, 0.15) is 5.82 Å². The number of hydrogen-bond acceptors (Lipinski definition) is 5. The Kier molecular flexibility index (Phi) is 4.72. The van der Waals surface area contributed by atoms with Gasteiger partial charge in [0.15, 0.2) is 5.82 Å². The molecule has 2 saturated heterocycles. The number of carbonyl (C=O) groups is 3. The van der Waals surface area contributed by atoms with Gasteiger partial charge < -0.3 is 20.1 Å². The van der Waals surface area contributed by atoms with Crippen molar-refractivity contribution < 1.29 is 14.4 Å². The molecule has 2 fully saturated rings. The van der Waals surface area contributed by atoms with E-state index in [2.05, 4.69) is 25.4 Å². The molecule has 0 aliphatic carbocycles. The highest BCUT2D eigenvalue weighted by atomic mass is 16.2. The summed E-state index contributed by atoms with van der Waals surface area (Å²) in [6.07, 6.45) is 5.13. The van der Waals surface area contributed by atoms with Gasteiger partial charge in [-0.1, -0.05) is 12.1 Å². The number of anilines is 1. The van der Waals surface area contributed by atoms with Crippen molar-refractivity contribution in [3.05, 3.63) is 30.1 Å². The molecule has 9 heteroatoms. The molecule has 2 atom stereocenters. The van der Waals surface area contributed by atoms with Crippen LogP contribution in [0.5, 0.6) is 0 Å². The first-order valence-electron chi connectivity index (χ1n) is 10.5. The fraction of sp³-hybridized carbons (Fsp3) is 0.476. The van der Waals surface area contributed by atoms with E-state index in [0.717, 1.165) is 62.4 Å². The molecule has 5 rings (SSSR count). The zero-order valence-corrected chi connectivity index (χ0v) is 16.6. The highest BCUT2D eigenvalue weighted by Crippen LogP contribution is 2.28. The van der Waals surface area contributed by atoms with Crippen LogP contribution >= 0.6 is 0 Å². The molecule has 1 aromatic heterocycles. The average molecular weight is 408 g/mol. The predicted molar refractivity (Wildman–Crippen MR) is 108 cm³/mol. The molecule has 0 spiro atoms. The Labute approximate surface area is 173 Å². The second-order valence-corrected chi connectivity index (χ2v) is 8.16. The molecule has 2 aromatic rings. The molecule has 1 aromatic carbocycles. The van der Waals surface area contributed by atoms with Gasteiger partial charge >= 0.3 is 11.8 Å². The molecule has 9 nitrogen and oxygen atoms in total. The standard InChI is InChI=1S/C21H24N6O3/c28-18-12-15(16-7-1-2-9-26(16)18)23-21(30)20(29)22-14-6-3-5-13(11-14)19-25-24-17-8-4-10-27(17)19/h3,5-6,11,15-16H,1-2,4,7-10,12H2,(H,22,29)(H,23,30). The predicted octanol–water partition coefficient (Wildman–Crippen LogP) is 1.10. The summed E-state index contributed by atoms with van der Waals surface area (Å²) in [5, 5.41) is 13.9. The van der Waals surface area contributed by atoms with Gasteiger partial charge in [-0.15, -0.1) is 10.2 Å². The maximum absolute atomic E-state index is 12.5. The highest BCUT2D eigenvalue weighted by Gasteiger charge is 2.42. The number of nitrogens with one attached hydrogen (secondary N) is 2. The van der Waals surface area contributed by atoms with Gasteiger partial charge in [0.2, 0.25) is 5.91 Å². The first-order valence-corrected chi connectivity index (χ1v) is 10.5. The third-order valence-electron chi connectivity index (χ3n) is 6.24. The normalized spacial score (nSPS) is 22.5.